The Bertz CT molecular complexity index is 499. The molecule has 1 fully saturated rings. The van der Waals surface area contributed by atoms with Crippen LogP contribution in [0.4, 0.5) is 5.69 Å². The van der Waals surface area contributed by atoms with Crippen molar-refractivity contribution in [2.24, 2.45) is 5.84 Å². The lowest BCUT2D eigenvalue weighted by molar-refractivity contribution is -0.120. The van der Waals surface area contributed by atoms with Crippen LogP contribution in [0, 0.1) is 6.92 Å². The highest BCUT2D eigenvalue weighted by atomic mass is 16.2. The number of nitrogen functional groups attached to an aromatic ring is 1. The van der Waals surface area contributed by atoms with Gasteiger partial charge in [-0.25, -0.2) is 0 Å². The van der Waals surface area contributed by atoms with E-state index in [1.807, 2.05) is 0 Å². The first-order chi connectivity index (χ1) is 9.10. The first-order valence-electron chi connectivity index (χ1n) is 6.11. The van der Waals surface area contributed by atoms with Crippen LogP contribution in [-0.4, -0.2) is 29.4 Å². The summed E-state index contributed by atoms with van der Waals surface area (Å²) in [5.41, 5.74) is 3.98. The molecule has 0 atom stereocenters. The van der Waals surface area contributed by atoms with Crippen LogP contribution in [0.1, 0.15) is 28.9 Å². The van der Waals surface area contributed by atoms with E-state index in [0.717, 1.165) is 18.5 Å². The Labute approximate surface area is 110 Å². The van der Waals surface area contributed by atoms with Crippen LogP contribution in [0.2, 0.25) is 0 Å². The van der Waals surface area contributed by atoms with Crippen LogP contribution in [-0.2, 0) is 4.79 Å². The van der Waals surface area contributed by atoms with Crippen molar-refractivity contribution in [1.82, 2.24) is 15.6 Å². The fourth-order valence-corrected chi connectivity index (χ4v) is 1.62. The molecule has 102 valence electrons. The highest BCUT2D eigenvalue weighted by Crippen LogP contribution is 2.18. The van der Waals surface area contributed by atoms with E-state index in [0.29, 0.717) is 11.3 Å². The van der Waals surface area contributed by atoms with Gasteiger partial charge in [0, 0.05) is 17.9 Å². The number of pyridine rings is 1. The van der Waals surface area contributed by atoms with Crippen LogP contribution >= 0.6 is 0 Å². The third-order valence-electron chi connectivity index (χ3n) is 2.79. The quantitative estimate of drug-likeness (QED) is 0.430. The normalized spacial score (nSPS) is 13.8. The molecule has 2 amide bonds. The van der Waals surface area contributed by atoms with E-state index in [-0.39, 0.29) is 24.4 Å². The lowest BCUT2D eigenvalue weighted by Crippen LogP contribution is -2.38. The van der Waals surface area contributed by atoms with E-state index >= 15 is 0 Å². The molecule has 1 heterocycles. The van der Waals surface area contributed by atoms with Crippen LogP contribution < -0.4 is 21.9 Å². The third kappa shape index (κ3) is 3.65. The van der Waals surface area contributed by atoms with Crippen molar-refractivity contribution in [3.8, 4) is 0 Å². The zero-order chi connectivity index (χ0) is 13.8. The summed E-state index contributed by atoms with van der Waals surface area (Å²) in [4.78, 5) is 27.4. The molecule has 5 N–H and O–H groups in total. The molecule has 7 heteroatoms. The number of hydrazine groups is 1. The second kappa shape index (κ2) is 5.66. The van der Waals surface area contributed by atoms with E-state index in [4.69, 9.17) is 5.84 Å². The first kappa shape index (κ1) is 13.3. The molecule has 0 saturated heterocycles. The minimum Gasteiger partial charge on any atom is -0.352 e. The monoisotopic (exact) mass is 263 g/mol. The van der Waals surface area contributed by atoms with Gasteiger partial charge in [-0.2, -0.15) is 0 Å². The van der Waals surface area contributed by atoms with Gasteiger partial charge in [-0.15, -0.1) is 0 Å². The maximum atomic E-state index is 11.9. The molecule has 1 aromatic rings. The van der Waals surface area contributed by atoms with Gasteiger partial charge in [0.2, 0.25) is 5.91 Å². The van der Waals surface area contributed by atoms with E-state index < -0.39 is 0 Å². The Hall–Kier alpha value is -2.15. The highest BCUT2D eigenvalue weighted by molar-refractivity contribution is 6.00. The van der Waals surface area contributed by atoms with Gasteiger partial charge in [0.15, 0.2) is 0 Å². The Balaban J connectivity index is 1.93. The number of rotatable bonds is 5. The van der Waals surface area contributed by atoms with E-state index in [2.05, 4.69) is 21.0 Å². The molecule has 0 aliphatic heterocycles. The summed E-state index contributed by atoms with van der Waals surface area (Å²) < 4.78 is 0. The number of hydrogen-bond donors (Lipinski definition) is 4. The third-order valence-corrected chi connectivity index (χ3v) is 2.79. The van der Waals surface area contributed by atoms with E-state index in [1.54, 1.807) is 13.0 Å². The van der Waals surface area contributed by atoms with Crippen LogP contribution in [0.5, 0.6) is 0 Å². The number of nitrogens with one attached hydrogen (secondary N) is 3. The molecule has 1 aliphatic carbocycles. The number of aromatic nitrogens is 1. The van der Waals surface area contributed by atoms with Gasteiger partial charge in [-0.05, 0) is 25.8 Å². The molecule has 0 radical (unpaired) electrons. The largest absolute Gasteiger partial charge is 0.352 e. The molecule has 0 unspecified atom stereocenters. The average Bonchev–Trinajstić information content (AvgIpc) is 3.19. The summed E-state index contributed by atoms with van der Waals surface area (Å²) in [6, 6.07) is 1.95. The van der Waals surface area contributed by atoms with Crippen molar-refractivity contribution >= 4 is 17.5 Å². The number of nitrogens with zero attached hydrogens (tertiary/aromatic N) is 1. The lowest BCUT2D eigenvalue weighted by atomic mass is 10.2. The maximum Gasteiger partial charge on any atom is 0.255 e. The zero-order valence-electron chi connectivity index (χ0n) is 10.7. The van der Waals surface area contributed by atoms with Crippen molar-refractivity contribution in [2.45, 2.75) is 25.8 Å². The number of carbonyl (C=O) groups is 2. The minimum absolute atomic E-state index is 0.0484. The van der Waals surface area contributed by atoms with Gasteiger partial charge < -0.3 is 16.1 Å². The van der Waals surface area contributed by atoms with Gasteiger partial charge >= 0.3 is 0 Å². The number of amides is 2. The summed E-state index contributed by atoms with van der Waals surface area (Å²) in [6.45, 7) is 1.75. The molecule has 7 nitrogen and oxygen atoms in total. The second-order valence-corrected chi connectivity index (χ2v) is 4.54. The predicted molar refractivity (Wildman–Crippen MR) is 70.3 cm³/mol. The molecule has 1 aromatic heterocycles. The summed E-state index contributed by atoms with van der Waals surface area (Å²) in [5.74, 6) is 4.79. The number of aryl methyl sites for hydroxylation is 1. The molecular weight excluding hydrogens is 246 g/mol. The molecular formula is C12H17N5O2. The van der Waals surface area contributed by atoms with E-state index in [9.17, 15) is 9.59 Å². The summed E-state index contributed by atoms with van der Waals surface area (Å²) in [7, 11) is 0. The minimum atomic E-state index is -0.383. The Morgan fingerprint density at radius 1 is 1.47 bits per heavy atom. The van der Waals surface area contributed by atoms with Crippen LogP contribution in [0.15, 0.2) is 12.3 Å². The molecule has 0 bridgehead atoms. The van der Waals surface area contributed by atoms with Gasteiger partial charge in [0.1, 0.15) is 0 Å². The molecule has 0 aromatic carbocycles. The average molecular weight is 263 g/mol. The number of anilines is 1. The molecule has 0 spiro atoms. The van der Waals surface area contributed by atoms with Crippen LogP contribution in [0.25, 0.3) is 0 Å². The van der Waals surface area contributed by atoms with Gasteiger partial charge in [0.25, 0.3) is 5.91 Å². The van der Waals surface area contributed by atoms with Crippen molar-refractivity contribution < 1.29 is 9.59 Å². The molecule has 19 heavy (non-hydrogen) atoms. The van der Waals surface area contributed by atoms with Crippen molar-refractivity contribution in [2.75, 3.05) is 12.0 Å². The summed E-state index contributed by atoms with van der Waals surface area (Å²) in [5, 5.41) is 5.33. The predicted octanol–water partition coefficient (Wildman–Crippen LogP) is -0.316. The molecule has 2 rings (SSSR count). The molecule has 1 aliphatic rings. The number of hydrogen-bond acceptors (Lipinski definition) is 5. The van der Waals surface area contributed by atoms with Crippen molar-refractivity contribution in [1.29, 1.82) is 0 Å². The smallest absolute Gasteiger partial charge is 0.255 e. The van der Waals surface area contributed by atoms with Gasteiger partial charge in [0.05, 0.1) is 17.8 Å². The summed E-state index contributed by atoms with van der Waals surface area (Å²) in [6.07, 6.45) is 3.46. The lowest BCUT2D eigenvalue weighted by Gasteiger charge is -2.10. The fraction of sp³-hybridized carbons (Fsp3) is 0.417. The van der Waals surface area contributed by atoms with Crippen LogP contribution in [0.3, 0.4) is 0 Å². The van der Waals surface area contributed by atoms with E-state index in [1.165, 1.54) is 6.20 Å². The standard InChI is InChI=1S/C12H17N5O2/c1-7-4-10(17-13)9(5-14-7)12(19)15-6-11(18)16-8-2-3-8/h4-5,8H,2-3,6,13H2,1H3,(H,14,17)(H,15,19)(H,16,18). The fourth-order valence-electron chi connectivity index (χ4n) is 1.62. The SMILES string of the molecule is Cc1cc(NN)c(C(=O)NCC(=O)NC2CC2)cn1. The number of carbonyl (C=O) groups excluding carboxylic acids is 2. The van der Waals surface area contributed by atoms with Gasteiger partial charge in [-0.3, -0.25) is 20.4 Å². The van der Waals surface area contributed by atoms with Gasteiger partial charge in [-0.1, -0.05) is 0 Å². The maximum absolute atomic E-state index is 11.9. The molecule has 1 saturated carbocycles. The second-order valence-electron chi connectivity index (χ2n) is 4.54. The number of nitrogens with two attached hydrogens (primary N) is 1. The Morgan fingerprint density at radius 2 is 2.21 bits per heavy atom. The zero-order valence-corrected chi connectivity index (χ0v) is 10.7. The topological polar surface area (TPSA) is 109 Å². The highest BCUT2D eigenvalue weighted by Gasteiger charge is 2.23. The Morgan fingerprint density at radius 3 is 2.84 bits per heavy atom. The van der Waals surface area contributed by atoms with Crippen molar-refractivity contribution in [3.05, 3.63) is 23.5 Å². The van der Waals surface area contributed by atoms with Crippen molar-refractivity contribution in [3.63, 3.8) is 0 Å². The Kier molecular flexibility index (Phi) is 3.96. The summed E-state index contributed by atoms with van der Waals surface area (Å²) >= 11 is 0. The first-order valence-corrected chi connectivity index (χ1v) is 6.11.